The normalized spacial score (nSPS) is 10.4. The van der Waals surface area contributed by atoms with Gasteiger partial charge in [0, 0.05) is 11.1 Å². The number of aryl methyl sites for hydroxylation is 2. The fourth-order valence-corrected chi connectivity index (χ4v) is 2.23. The molecule has 2 rings (SSSR count). The zero-order valence-electron chi connectivity index (χ0n) is 9.12. The highest BCUT2D eigenvalue weighted by Crippen LogP contribution is 2.21. The van der Waals surface area contributed by atoms with E-state index in [1.807, 2.05) is 25.4 Å². The van der Waals surface area contributed by atoms with Gasteiger partial charge >= 0.3 is 0 Å². The molecule has 0 aliphatic heterocycles. The molecule has 0 aliphatic rings. The highest BCUT2D eigenvalue weighted by atomic mass is 35.5. The lowest BCUT2D eigenvalue weighted by molar-refractivity contribution is 1.11. The van der Waals surface area contributed by atoms with Gasteiger partial charge in [-0.3, -0.25) is 0 Å². The largest absolute Gasteiger partial charge is 0.378 e. The number of nitrogens with one attached hydrogen (secondary N) is 1. The van der Waals surface area contributed by atoms with Gasteiger partial charge in [-0.05, 0) is 25.5 Å². The van der Waals surface area contributed by atoms with Crippen molar-refractivity contribution in [1.82, 2.24) is 9.97 Å². The average Bonchev–Trinajstić information content (AvgIpc) is 2.66. The van der Waals surface area contributed by atoms with Crippen LogP contribution in [0.5, 0.6) is 0 Å². The van der Waals surface area contributed by atoms with Crippen molar-refractivity contribution >= 4 is 28.6 Å². The van der Waals surface area contributed by atoms with Crippen molar-refractivity contribution in [2.75, 3.05) is 5.32 Å². The van der Waals surface area contributed by atoms with Crippen LogP contribution in [0.15, 0.2) is 17.8 Å². The molecule has 84 valence electrons. The molecule has 2 aromatic heterocycles. The number of pyridine rings is 1. The Balaban J connectivity index is 2.10. The molecule has 0 spiro atoms. The predicted octanol–water partition coefficient (Wildman–Crippen LogP) is 3.42. The van der Waals surface area contributed by atoms with Gasteiger partial charge in [-0.2, -0.15) is 0 Å². The highest BCUT2D eigenvalue weighted by molar-refractivity contribution is 7.09. The Labute approximate surface area is 104 Å². The second-order valence-corrected chi connectivity index (χ2v) is 4.86. The summed E-state index contributed by atoms with van der Waals surface area (Å²) < 4.78 is 0. The number of rotatable bonds is 3. The summed E-state index contributed by atoms with van der Waals surface area (Å²) in [5.74, 6) is 0. The summed E-state index contributed by atoms with van der Waals surface area (Å²) >= 11 is 7.63. The molecule has 0 unspecified atom stereocenters. The second-order valence-electron chi connectivity index (χ2n) is 3.57. The van der Waals surface area contributed by atoms with E-state index in [1.165, 1.54) is 4.88 Å². The topological polar surface area (TPSA) is 37.8 Å². The van der Waals surface area contributed by atoms with E-state index in [0.29, 0.717) is 5.15 Å². The van der Waals surface area contributed by atoms with Crippen LogP contribution in [0, 0.1) is 13.8 Å². The minimum Gasteiger partial charge on any atom is -0.378 e. The van der Waals surface area contributed by atoms with E-state index in [-0.39, 0.29) is 0 Å². The van der Waals surface area contributed by atoms with Gasteiger partial charge < -0.3 is 5.32 Å². The summed E-state index contributed by atoms with van der Waals surface area (Å²) in [6.07, 6.45) is 1.76. The van der Waals surface area contributed by atoms with Gasteiger partial charge in [-0.1, -0.05) is 11.6 Å². The fraction of sp³-hybridized carbons (Fsp3) is 0.273. The van der Waals surface area contributed by atoms with E-state index in [4.69, 9.17) is 11.6 Å². The second kappa shape index (κ2) is 4.80. The van der Waals surface area contributed by atoms with E-state index in [0.717, 1.165) is 23.5 Å². The Morgan fingerprint density at radius 1 is 1.38 bits per heavy atom. The van der Waals surface area contributed by atoms with Crippen LogP contribution in [0.2, 0.25) is 5.15 Å². The summed E-state index contributed by atoms with van der Waals surface area (Å²) in [6, 6.07) is 1.99. The number of hydrogen-bond donors (Lipinski definition) is 1. The molecule has 0 radical (unpaired) electrons. The average molecular weight is 254 g/mol. The molecule has 2 heterocycles. The van der Waals surface area contributed by atoms with Crippen LogP contribution in [-0.4, -0.2) is 9.97 Å². The SMILES string of the molecule is Cc1cnc(Cl)c(NCc2scnc2C)c1. The van der Waals surface area contributed by atoms with E-state index < -0.39 is 0 Å². The maximum absolute atomic E-state index is 5.99. The van der Waals surface area contributed by atoms with Crippen molar-refractivity contribution in [3.8, 4) is 0 Å². The quantitative estimate of drug-likeness (QED) is 0.852. The summed E-state index contributed by atoms with van der Waals surface area (Å²) in [6.45, 7) is 4.73. The minimum absolute atomic E-state index is 0.507. The van der Waals surface area contributed by atoms with Crippen molar-refractivity contribution < 1.29 is 0 Å². The van der Waals surface area contributed by atoms with E-state index in [9.17, 15) is 0 Å². The first-order valence-electron chi connectivity index (χ1n) is 4.92. The molecular formula is C11H12ClN3S. The molecule has 0 fully saturated rings. The van der Waals surface area contributed by atoms with Gasteiger partial charge in [0.05, 0.1) is 23.4 Å². The zero-order chi connectivity index (χ0) is 11.5. The number of anilines is 1. The summed E-state index contributed by atoms with van der Waals surface area (Å²) in [4.78, 5) is 9.51. The Morgan fingerprint density at radius 2 is 2.19 bits per heavy atom. The predicted molar refractivity (Wildman–Crippen MR) is 68.2 cm³/mol. The number of halogens is 1. The first kappa shape index (κ1) is 11.4. The van der Waals surface area contributed by atoms with E-state index >= 15 is 0 Å². The van der Waals surface area contributed by atoms with Gasteiger partial charge in [0.15, 0.2) is 5.15 Å². The Kier molecular flexibility index (Phi) is 3.41. The smallest absolute Gasteiger partial charge is 0.152 e. The van der Waals surface area contributed by atoms with Crippen LogP contribution >= 0.6 is 22.9 Å². The third-order valence-electron chi connectivity index (χ3n) is 2.26. The van der Waals surface area contributed by atoms with Gasteiger partial charge in [0.1, 0.15) is 0 Å². The summed E-state index contributed by atoms with van der Waals surface area (Å²) in [7, 11) is 0. The molecule has 0 saturated heterocycles. The lowest BCUT2D eigenvalue weighted by Gasteiger charge is -2.07. The lowest BCUT2D eigenvalue weighted by Crippen LogP contribution is -2.00. The van der Waals surface area contributed by atoms with Gasteiger partial charge in [0.25, 0.3) is 0 Å². The van der Waals surface area contributed by atoms with Crippen LogP contribution in [-0.2, 0) is 6.54 Å². The van der Waals surface area contributed by atoms with Crippen LogP contribution in [0.3, 0.4) is 0 Å². The molecule has 0 aromatic carbocycles. The molecular weight excluding hydrogens is 242 g/mol. The molecule has 0 aliphatic carbocycles. The maximum atomic E-state index is 5.99. The molecule has 3 nitrogen and oxygen atoms in total. The lowest BCUT2D eigenvalue weighted by atomic mass is 10.3. The summed E-state index contributed by atoms with van der Waals surface area (Å²) in [5, 5.41) is 3.78. The van der Waals surface area contributed by atoms with Crippen LogP contribution in [0.1, 0.15) is 16.1 Å². The molecule has 2 aromatic rings. The number of thiazole rings is 1. The Morgan fingerprint density at radius 3 is 2.88 bits per heavy atom. The highest BCUT2D eigenvalue weighted by Gasteiger charge is 2.04. The fourth-order valence-electron chi connectivity index (χ4n) is 1.35. The number of hydrogen-bond acceptors (Lipinski definition) is 4. The van der Waals surface area contributed by atoms with Gasteiger partial charge in [-0.15, -0.1) is 11.3 Å². The zero-order valence-corrected chi connectivity index (χ0v) is 10.7. The van der Waals surface area contributed by atoms with Gasteiger partial charge in [0.2, 0.25) is 0 Å². The molecule has 16 heavy (non-hydrogen) atoms. The van der Waals surface area contributed by atoms with Crippen LogP contribution in [0.4, 0.5) is 5.69 Å². The number of nitrogens with zero attached hydrogens (tertiary/aromatic N) is 2. The molecule has 5 heteroatoms. The number of aromatic nitrogens is 2. The van der Waals surface area contributed by atoms with Crippen LogP contribution < -0.4 is 5.32 Å². The molecule has 0 saturated carbocycles. The Bertz CT molecular complexity index is 496. The standard InChI is InChI=1S/C11H12ClN3S/c1-7-3-9(11(12)14-4-7)13-5-10-8(2)15-6-16-10/h3-4,6,13H,5H2,1-2H3. The third-order valence-corrected chi connectivity index (χ3v) is 3.50. The molecule has 0 amide bonds. The van der Waals surface area contributed by atoms with Crippen molar-refractivity contribution in [3.05, 3.63) is 39.1 Å². The minimum atomic E-state index is 0.507. The van der Waals surface area contributed by atoms with Crippen molar-refractivity contribution in [3.63, 3.8) is 0 Å². The first-order valence-corrected chi connectivity index (χ1v) is 6.17. The first-order chi connectivity index (χ1) is 7.66. The Hall–Kier alpha value is -1.13. The monoisotopic (exact) mass is 253 g/mol. The molecule has 1 N–H and O–H groups in total. The third kappa shape index (κ3) is 2.51. The molecule has 0 atom stereocenters. The molecule has 0 bridgehead atoms. The van der Waals surface area contributed by atoms with Crippen molar-refractivity contribution in [2.24, 2.45) is 0 Å². The van der Waals surface area contributed by atoms with Crippen molar-refractivity contribution in [2.45, 2.75) is 20.4 Å². The van der Waals surface area contributed by atoms with Gasteiger partial charge in [-0.25, -0.2) is 9.97 Å². The van der Waals surface area contributed by atoms with E-state index in [2.05, 4.69) is 15.3 Å². The summed E-state index contributed by atoms with van der Waals surface area (Å²) in [5.41, 5.74) is 4.87. The maximum Gasteiger partial charge on any atom is 0.152 e. The van der Waals surface area contributed by atoms with Crippen LogP contribution in [0.25, 0.3) is 0 Å². The van der Waals surface area contributed by atoms with E-state index in [1.54, 1.807) is 17.5 Å². The van der Waals surface area contributed by atoms with Crippen molar-refractivity contribution in [1.29, 1.82) is 0 Å².